The summed E-state index contributed by atoms with van der Waals surface area (Å²) in [5.74, 6) is -0.155. The van der Waals surface area contributed by atoms with Crippen LogP contribution in [0.5, 0.6) is 0 Å². The Labute approximate surface area is 292 Å². The number of hydrogen-bond donors (Lipinski definition) is 0. The van der Waals surface area contributed by atoms with Gasteiger partial charge in [-0.25, -0.2) is 4.98 Å². The minimum absolute atomic E-state index is 0.155. The highest BCUT2D eigenvalue weighted by molar-refractivity contribution is 6.21. The number of hydrogen-bond acceptors (Lipinski definition) is 2. The van der Waals surface area contributed by atoms with E-state index >= 15 is 0 Å². The van der Waals surface area contributed by atoms with Gasteiger partial charge in [-0.2, -0.15) is 0 Å². The number of nitrogens with zero attached hydrogens (tertiary/aromatic N) is 3. The van der Waals surface area contributed by atoms with Crippen LogP contribution in [0.3, 0.4) is 0 Å². The predicted octanol–water partition coefficient (Wildman–Crippen LogP) is 12.0. The Morgan fingerprint density at radius 3 is 1.67 bits per heavy atom. The molecule has 2 heterocycles. The minimum Gasteiger partial charge on any atom is -0.296 e. The number of pyridine rings is 1. The maximum atomic E-state index is 8.71. The van der Waals surface area contributed by atoms with E-state index in [0.717, 1.165) is 60.6 Å². The lowest BCUT2D eigenvalue weighted by Crippen LogP contribution is -2.02. The Morgan fingerprint density at radius 2 is 1.06 bits per heavy atom. The van der Waals surface area contributed by atoms with Crippen molar-refractivity contribution in [2.45, 2.75) is 13.2 Å². The molecule has 49 heavy (non-hydrogen) atoms. The highest BCUT2D eigenvalue weighted by Gasteiger charge is 2.18. The maximum Gasteiger partial charge on any atom is 0.114 e. The molecule has 0 aliphatic heterocycles. The molecule has 0 atom stereocenters. The van der Waals surface area contributed by atoms with Gasteiger partial charge in [-0.1, -0.05) is 140 Å². The molecule has 0 saturated carbocycles. The fourth-order valence-corrected chi connectivity index (χ4v) is 7.17. The Kier molecular flexibility index (Phi) is 5.88. The number of aryl methyl sites for hydroxylation is 1. The first-order valence-corrected chi connectivity index (χ1v) is 16.3. The highest BCUT2D eigenvalue weighted by Crippen LogP contribution is 2.44. The molecule has 0 spiro atoms. The number of fused-ring (bicyclic) bond motifs is 3. The van der Waals surface area contributed by atoms with Gasteiger partial charge in [0.2, 0.25) is 0 Å². The normalized spacial score (nSPS) is 13.5. The van der Waals surface area contributed by atoms with Gasteiger partial charge >= 0.3 is 0 Å². The van der Waals surface area contributed by atoms with E-state index in [2.05, 4.69) is 107 Å². The van der Waals surface area contributed by atoms with E-state index in [1.54, 1.807) is 10.6 Å². The molecule has 2 aromatic heterocycles. The number of aromatic nitrogens is 3. The molecular formula is C46H33N3. The van der Waals surface area contributed by atoms with Crippen LogP contribution >= 0.6 is 0 Å². The molecular weight excluding hydrogens is 595 g/mol. The van der Waals surface area contributed by atoms with Crippen molar-refractivity contribution >= 4 is 32.6 Å². The Bertz CT molecular complexity index is 2770. The molecule has 0 radical (unpaired) electrons. The highest BCUT2D eigenvalue weighted by atomic mass is 15.1. The zero-order chi connectivity index (χ0) is 37.0. The molecule has 0 amide bonds. The molecule has 3 heteroatoms. The van der Waals surface area contributed by atoms with Crippen molar-refractivity contribution < 1.29 is 6.85 Å². The summed E-state index contributed by atoms with van der Waals surface area (Å²) in [6.45, 7) is -2.92. The van der Waals surface area contributed by atoms with Crippen molar-refractivity contribution in [1.29, 1.82) is 0 Å². The molecule has 0 aliphatic rings. The first-order valence-electron chi connectivity index (χ1n) is 18.8. The number of imidazole rings is 1. The summed E-state index contributed by atoms with van der Waals surface area (Å²) in [5, 5.41) is 4.62. The molecule has 0 unspecified atom stereocenters. The van der Waals surface area contributed by atoms with Gasteiger partial charge in [-0.05, 0) is 79.7 Å². The molecule has 0 aliphatic carbocycles. The fourth-order valence-electron chi connectivity index (χ4n) is 7.17. The van der Waals surface area contributed by atoms with Crippen molar-refractivity contribution in [3.05, 3.63) is 176 Å². The first-order chi connectivity index (χ1) is 26.2. The molecule has 0 N–H and O–H groups in total. The monoisotopic (exact) mass is 632 g/mol. The summed E-state index contributed by atoms with van der Waals surface area (Å²) >= 11 is 0. The SMILES string of the molecule is [2H]C([2H])([2H])C([2H])([2H])c1nc2ccccc2n1-c1ccccc1-c1ccc(-c2c3ccccc3c(-c3ccc(-c4ccccn4)cc3)c3ccccc23)cc1. The van der Waals surface area contributed by atoms with Crippen molar-refractivity contribution in [1.82, 2.24) is 14.5 Å². The number of para-hydroxylation sites is 3. The largest absolute Gasteiger partial charge is 0.296 e. The smallest absolute Gasteiger partial charge is 0.114 e. The van der Waals surface area contributed by atoms with Crippen LogP contribution in [0.15, 0.2) is 170 Å². The topological polar surface area (TPSA) is 30.7 Å². The predicted molar refractivity (Wildman–Crippen MR) is 205 cm³/mol. The quantitative estimate of drug-likeness (QED) is 0.171. The van der Waals surface area contributed by atoms with E-state index in [1.165, 1.54) is 5.56 Å². The third-order valence-electron chi connectivity index (χ3n) is 9.37. The zero-order valence-electron chi connectivity index (χ0n) is 31.5. The van der Waals surface area contributed by atoms with Crippen LogP contribution in [0.2, 0.25) is 0 Å². The summed E-state index contributed by atoms with van der Waals surface area (Å²) in [5.41, 5.74) is 10.1. The van der Waals surface area contributed by atoms with Gasteiger partial charge < -0.3 is 0 Å². The summed E-state index contributed by atoms with van der Waals surface area (Å²) < 4.78 is 43.2. The lowest BCUT2D eigenvalue weighted by Gasteiger charge is -2.18. The van der Waals surface area contributed by atoms with Crippen molar-refractivity contribution in [3.63, 3.8) is 0 Å². The van der Waals surface area contributed by atoms with Gasteiger partial charge in [-0.15, -0.1) is 0 Å². The molecule has 0 bridgehead atoms. The van der Waals surface area contributed by atoms with Crippen LogP contribution in [0.4, 0.5) is 0 Å². The van der Waals surface area contributed by atoms with Gasteiger partial charge in [0.1, 0.15) is 5.82 Å². The van der Waals surface area contributed by atoms with Crippen molar-refractivity contribution in [2.24, 2.45) is 0 Å². The summed E-state index contributed by atoms with van der Waals surface area (Å²) in [6.07, 6.45) is -0.881. The van der Waals surface area contributed by atoms with E-state index in [4.69, 9.17) is 6.85 Å². The molecule has 3 nitrogen and oxygen atoms in total. The standard InChI is InChI=1S/C46H33N3/c1-2-44-48-41-19-8-10-21-43(41)49(44)42-20-9-7-13-35(42)31-22-26-33(27-23-31)45-36-14-3-5-16-38(36)46(39-17-6-4-15-37(39)45)34-28-24-32(25-29-34)40-18-11-12-30-47-40/h3-30H,2H2,1H3/i1D3,2D2. The van der Waals surface area contributed by atoms with Gasteiger partial charge in [0, 0.05) is 30.6 Å². The van der Waals surface area contributed by atoms with Gasteiger partial charge in [0.05, 0.1) is 22.4 Å². The van der Waals surface area contributed by atoms with E-state index in [-0.39, 0.29) is 5.82 Å². The Balaban J connectivity index is 1.18. The zero-order valence-corrected chi connectivity index (χ0v) is 26.5. The fraction of sp³-hybridized carbons (Fsp3) is 0.0435. The van der Waals surface area contributed by atoms with Crippen LogP contribution in [-0.2, 0) is 6.37 Å². The third kappa shape index (κ3) is 4.90. The van der Waals surface area contributed by atoms with Gasteiger partial charge in [0.25, 0.3) is 0 Å². The third-order valence-corrected chi connectivity index (χ3v) is 9.37. The second kappa shape index (κ2) is 12.0. The van der Waals surface area contributed by atoms with Crippen molar-refractivity contribution in [3.8, 4) is 50.3 Å². The Hall–Kier alpha value is -6.32. The van der Waals surface area contributed by atoms with Gasteiger partial charge in [-0.3, -0.25) is 9.55 Å². The average Bonchev–Trinajstić information content (AvgIpc) is 3.60. The van der Waals surface area contributed by atoms with E-state index in [0.29, 0.717) is 16.7 Å². The minimum atomic E-state index is -2.92. The molecule has 232 valence electrons. The average molecular weight is 633 g/mol. The molecule has 9 rings (SSSR count). The van der Waals surface area contributed by atoms with Crippen molar-refractivity contribution in [2.75, 3.05) is 0 Å². The molecule has 7 aromatic carbocycles. The summed E-state index contributed by atoms with van der Waals surface area (Å²) in [4.78, 5) is 9.08. The summed E-state index contributed by atoms with van der Waals surface area (Å²) in [6, 6.07) is 55.1. The second-order valence-corrected chi connectivity index (χ2v) is 12.1. The van der Waals surface area contributed by atoms with Crippen LogP contribution in [0.25, 0.3) is 82.9 Å². The lowest BCUT2D eigenvalue weighted by molar-refractivity contribution is 0.909. The summed E-state index contributed by atoms with van der Waals surface area (Å²) in [7, 11) is 0. The maximum absolute atomic E-state index is 8.71. The van der Waals surface area contributed by atoms with Crippen LogP contribution in [-0.4, -0.2) is 14.5 Å². The lowest BCUT2D eigenvalue weighted by atomic mass is 9.85. The molecule has 9 aromatic rings. The van der Waals surface area contributed by atoms with Crippen LogP contribution < -0.4 is 0 Å². The Morgan fingerprint density at radius 1 is 0.531 bits per heavy atom. The second-order valence-electron chi connectivity index (χ2n) is 12.1. The van der Waals surface area contributed by atoms with E-state index in [9.17, 15) is 0 Å². The molecule has 0 fully saturated rings. The van der Waals surface area contributed by atoms with Crippen LogP contribution in [0, 0.1) is 0 Å². The van der Waals surface area contributed by atoms with E-state index < -0.39 is 13.2 Å². The van der Waals surface area contributed by atoms with E-state index in [1.807, 2.05) is 66.9 Å². The number of benzene rings is 7. The van der Waals surface area contributed by atoms with Crippen LogP contribution in [0.1, 0.15) is 19.5 Å². The number of rotatable bonds is 6. The first kappa shape index (κ1) is 23.9. The van der Waals surface area contributed by atoms with Gasteiger partial charge in [0.15, 0.2) is 0 Å². The molecule has 0 saturated heterocycles.